The van der Waals surface area contributed by atoms with Crippen LogP contribution in [0.1, 0.15) is 0 Å². The Kier molecular flexibility index (Phi) is 2.33. The van der Waals surface area contributed by atoms with Gasteiger partial charge in [-0.3, -0.25) is 4.98 Å². The van der Waals surface area contributed by atoms with Gasteiger partial charge in [-0.2, -0.15) is 0 Å². The highest BCUT2D eigenvalue weighted by Crippen LogP contribution is 2.27. The van der Waals surface area contributed by atoms with Gasteiger partial charge in [0.05, 0.1) is 11.9 Å². The Morgan fingerprint density at radius 2 is 1.87 bits per heavy atom. The molecule has 1 aromatic heterocycles. The van der Waals surface area contributed by atoms with Gasteiger partial charge in [0, 0.05) is 17.3 Å². The van der Waals surface area contributed by atoms with Crippen LogP contribution in [0.25, 0.3) is 11.1 Å². The first-order chi connectivity index (χ1) is 7.18. The molecule has 1 heterocycles. The van der Waals surface area contributed by atoms with Crippen LogP contribution in [0.3, 0.4) is 0 Å². The quantitative estimate of drug-likeness (QED) is 0.778. The average molecular weight is 206 g/mol. The maximum atomic E-state index is 13.4. The van der Waals surface area contributed by atoms with E-state index in [-0.39, 0.29) is 5.56 Å². The number of pyridine rings is 1. The van der Waals surface area contributed by atoms with E-state index in [1.54, 1.807) is 6.07 Å². The van der Waals surface area contributed by atoms with E-state index in [4.69, 9.17) is 5.73 Å². The third kappa shape index (κ3) is 1.79. The van der Waals surface area contributed by atoms with Crippen LogP contribution >= 0.6 is 0 Å². The summed E-state index contributed by atoms with van der Waals surface area (Å²) in [6.07, 6.45) is 2.88. The van der Waals surface area contributed by atoms with Gasteiger partial charge in [-0.15, -0.1) is 0 Å². The molecule has 1 aromatic carbocycles. The van der Waals surface area contributed by atoms with Crippen molar-refractivity contribution in [3.8, 4) is 11.1 Å². The standard InChI is InChI=1S/C11H8F2N2/c12-7-1-2-10(13)9(5-7)8-3-4-15-6-11(8)14/h1-6H,14H2. The van der Waals surface area contributed by atoms with E-state index in [1.165, 1.54) is 12.4 Å². The van der Waals surface area contributed by atoms with Crippen molar-refractivity contribution >= 4 is 5.69 Å². The number of halogens is 2. The van der Waals surface area contributed by atoms with Crippen LogP contribution in [0.2, 0.25) is 0 Å². The molecule has 2 N–H and O–H groups in total. The molecule has 0 unspecified atom stereocenters. The molecule has 0 bridgehead atoms. The lowest BCUT2D eigenvalue weighted by Gasteiger charge is -2.05. The third-order valence-corrected chi connectivity index (χ3v) is 2.07. The summed E-state index contributed by atoms with van der Waals surface area (Å²) < 4.78 is 26.3. The van der Waals surface area contributed by atoms with Crippen molar-refractivity contribution in [1.82, 2.24) is 4.98 Å². The molecule has 2 nitrogen and oxygen atoms in total. The summed E-state index contributed by atoms with van der Waals surface area (Å²) in [7, 11) is 0. The zero-order valence-electron chi connectivity index (χ0n) is 7.74. The summed E-state index contributed by atoms with van der Waals surface area (Å²) in [5, 5.41) is 0. The first-order valence-electron chi connectivity index (χ1n) is 4.33. The number of nitrogens with two attached hydrogens (primary N) is 1. The van der Waals surface area contributed by atoms with Gasteiger partial charge in [-0.1, -0.05) is 0 Å². The lowest BCUT2D eigenvalue weighted by molar-refractivity contribution is 0.603. The molecular weight excluding hydrogens is 198 g/mol. The smallest absolute Gasteiger partial charge is 0.131 e. The molecule has 0 spiro atoms. The van der Waals surface area contributed by atoms with Gasteiger partial charge in [-0.25, -0.2) is 8.78 Å². The van der Waals surface area contributed by atoms with Gasteiger partial charge >= 0.3 is 0 Å². The highest BCUT2D eigenvalue weighted by molar-refractivity contribution is 5.75. The molecule has 2 aromatic rings. The van der Waals surface area contributed by atoms with Crippen LogP contribution in [-0.4, -0.2) is 4.98 Å². The SMILES string of the molecule is Nc1cnccc1-c1cc(F)ccc1F. The molecule has 0 aliphatic heterocycles. The lowest BCUT2D eigenvalue weighted by atomic mass is 10.1. The number of hydrogen-bond acceptors (Lipinski definition) is 2. The molecule has 0 aliphatic carbocycles. The van der Waals surface area contributed by atoms with Crippen molar-refractivity contribution in [2.24, 2.45) is 0 Å². The molecular formula is C11H8F2N2. The van der Waals surface area contributed by atoms with E-state index in [0.717, 1.165) is 18.2 Å². The Labute approximate surface area is 85.4 Å². The molecule has 0 amide bonds. The Balaban J connectivity index is 2.64. The largest absolute Gasteiger partial charge is 0.397 e. The molecule has 0 saturated carbocycles. The zero-order chi connectivity index (χ0) is 10.8. The van der Waals surface area contributed by atoms with E-state index < -0.39 is 11.6 Å². The third-order valence-electron chi connectivity index (χ3n) is 2.07. The lowest BCUT2D eigenvalue weighted by Crippen LogP contribution is -1.93. The summed E-state index contributed by atoms with van der Waals surface area (Å²) in [6, 6.07) is 4.80. The highest BCUT2D eigenvalue weighted by Gasteiger charge is 2.08. The molecule has 0 fully saturated rings. The molecule has 4 heteroatoms. The molecule has 15 heavy (non-hydrogen) atoms. The van der Waals surface area contributed by atoms with Gasteiger partial charge in [0.15, 0.2) is 0 Å². The number of nitrogens with zero attached hydrogens (tertiary/aromatic N) is 1. The van der Waals surface area contributed by atoms with Crippen LogP contribution in [-0.2, 0) is 0 Å². The Bertz CT molecular complexity index is 498. The fraction of sp³-hybridized carbons (Fsp3) is 0. The van der Waals surface area contributed by atoms with Crippen LogP contribution in [0, 0.1) is 11.6 Å². The number of rotatable bonds is 1. The van der Waals surface area contributed by atoms with Crippen molar-refractivity contribution in [1.29, 1.82) is 0 Å². The van der Waals surface area contributed by atoms with Crippen LogP contribution in [0.4, 0.5) is 14.5 Å². The Hall–Kier alpha value is -1.97. The molecule has 0 saturated heterocycles. The Morgan fingerprint density at radius 3 is 2.60 bits per heavy atom. The number of benzene rings is 1. The van der Waals surface area contributed by atoms with Crippen molar-refractivity contribution < 1.29 is 8.78 Å². The molecule has 0 radical (unpaired) electrons. The topological polar surface area (TPSA) is 38.9 Å². The highest BCUT2D eigenvalue weighted by atomic mass is 19.1. The van der Waals surface area contributed by atoms with Crippen molar-refractivity contribution in [2.45, 2.75) is 0 Å². The van der Waals surface area contributed by atoms with E-state index in [0.29, 0.717) is 11.3 Å². The molecule has 0 aliphatic rings. The zero-order valence-corrected chi connectivity index (χ0v) is 7.74. The number of nitrogen functional groups attached to an aromatic ring is 1. The van der Waals surface area contributed by atoms with Crippen molar-refractivity contribution in [2.75, 3.05) is 5.73 Å². The minimum Gasteiger partial charge on any atom is -0.397 e. The fourth-order valence-corrected chi connectivity index (χ4v) is 1.36. The fourth-order valence-electron chi connectivity index (χ4n) is 1.36. The van der Waals surface area contributed by atoms with Gasteiger partial charge in [-0.05, 0) is 24.3 Å². The minimum absolute atomic E-state index is 0.148. The van der Waals surface area contributed by atoms with Crippen molar-refractivity contribution in [3.63, 3.8) is 0 Å². The summed E-state index contributed by atoms with van der Waals surface area (Å²) in [5.74, 6) is -1.00. The maximum absolute atomic E-state index is 13.4. The van der Waals surface area contributed by atoms with E-state index in [1.807, 2.05) is 0 Å². The maximum Gasteiger partial charge on any atom is 0.131 e. The van der Waals surface area contributed by atoms with Crippen molar-refractivity contribution in [3.05, 3.63) is 48.3 Å². The summed E-state index contributed by atoms with van der Waals surface area (Å²) in [6.45, 7) is 0. The molecule has 76 valence electrons. The van der Waals surface area contributed by atoms with Gasteiger partial charge < -0.3 is 5.73 Å². The Morgan fingerprint density at radius 1 is 1.07 bits per heavy atom. The predicted molar refractivity (Wildman–Crippen MR) is 54.0 cm³/mol. The van der Waals surface area contributed by atoms with Crippen LogP contribution < -0.4 is 5.73 Å². The van der Waals surface area contributed by atoms with Crippen LogP contribution in [0.15, 0.2) is 36.7 Å². The van der Waals surface area contributed by atoms with E-state index >= 15 is 0 Å². The van der Waals surface area contributed by atoms with Gasteiger partial charge in [0.1, 0.15) is 11.6 Å². The first kappa shape index (κ1) is 9.58. The van der Waals surface area contributed by atoms with Gasteiger partial charge in [0.2, 0.25) is 0 Å². The van der Waals surface area contributed by atoms with E-state index in [9.17, 15) is 8.78 Å². The molecule has 0 atom stereocenters. The second-order valence-corrected chi connectivity index (χ2v) is 3.09. The monoisotopic (exact) mass is 206 g/mol. The number of anilines is 1. The number of hydrogen-bond donors (Lipinski definition) is 1. The summed E-state index contributed by atoms with van der Waals surface area (Å²) in [4.78, 5) is 3.78. The average Bonchev–Trinajstić information content (AvgIpc) is 2.23. The van der Waals surface area contributed by atoms with Crippen LogP contribution in [0.5, 0.6) is 0 Å². The molecule has 2 rings (SSSR count). The summed E-state index contributed by atoms with van der Waals surface area (Å²) >= 11 is 0. The van der Waals surface area contributed by atoms with Gasteiger partial charge in [0.25, 0.3) is 0 Å². The second kappa shape index (κ2) is 3.65. The van der Waals surface area contributed by atoms with E-state index in [2.05, 4.69) is 4.98 Å². The minimum atomic E-state index is -0.505. The first-order valence-corrected chi connectivity index (χ1v) is 4.33. The second-order valence-electron chi connectivity index (χ2n) is 3.09. The number of aromatic nitrogens is 1. The normalized spacial score (nSPS) is 10.3. The predicted octanol–water partition coefficient (Wildman–Crippen LogP) is 2.61. The summed E-state index contributed by atoms with van der Waals surface area (Å²) in [5.41, 5.74) is 6.54.